The molecule has 0 spiro atoms. The summed E-state index contributed by atoms with van der Waals surface area (Å²) in [5.74, 6) is 0.662. The summed E-state index contributed by atoms with van der Waals surface area (Å²) in [5, 5.41) is 4.98. The Hall–Kier alpha value is -1.46. The Bertz CT molecular complexity index is 598. The summed E-state index contributed by atoms with van der Waals surface area (Å²) in [6.45, 7) is 2.68. The molecule has 2 aromatic rings. The van der Waals surface area contributed by atoms with Gasteiger partial charge in [0, 0.05) is 14.1 Å². The smallest absolute Gasteiger partial charge is 0.231 e. The van der Waals surface area contributed by atoms with Crippen molar-refractivity contribution in [2.75, 3.05) is 31.4 Å². The van der Waals surface area contributed by atoms with Crippen molar-refractivity contribution < 1.29 is 4.74 Å². The lowest BCUT2D eigenvalue weighted by Gasteiger charge is -2.08. The maximum absolute atomic E-state index is 6.18. The van der Waals surface area contributed by atoms with Crippen LogP contribution in [-0.2, 0) is 6.54 Å². The predicted molar refractivity (Wildman–Crippen MR) is 86.5 cm³/mol. The van der Waals surface area contributed by atoms with E-state index in [-0.39, 0.29) is 0 Å². The van der Waals surface area contributed by atoms with Gasteiger partial charge >= 0.3 is 0 Å². The van der Waals surface area contributed by atoms with Gasteiger partial charge in [0.25, 0.3) is 0 Å². The first-order chi connectivity index (χ1) is 9.51. The number of methoxy groups -OCH3 is 1. The minimum absolute atomic E-state index is 0.637. The van der Waals surface area contributed by atoms with Gasteiger partial charge < -0.3 is 15.0 Å². The molecule has 1 N–H and O–H groups in total. The van der Waals surface area contributed by atoms with Crippen molar-refractivity contribution in [3.05, 3.63) is 33.7 Å². The van der Waals surface area contributed by atoms with E-state index in [1.54, 1.807) is 18.4 Å². The fourth-order valence-corrected chi connectivity index (χ4v) is 2.81. The molecule has 0 aliphatic heterocycles. The maximum Gasteiger partial charge on any atom is 0.231 e. The maximum atomic E-state index is 6.18. The average molecular weight is 312 g/mol. The molecule has 0 aliphatic carbocycles. The SMILES string of the molecule is COc1nc(N(C)C)sc1CNc1cc(C)ccc1Cl. The van der Waals surface area contributed by atoms with Crippen LogP contribution in [0.2, 0.25) is 5.02 Å². The number of ether oxygens (including phenoxy) is 1. The lowest BCUT2D eigenvalue weighted by Crippen LogP contribution is -2.07. The highest BCUT2D eigenvalue weighted by molar-refractivity contribution is 7.15. The van der Waals surface area contributed by atoms with Gasteiger partial charge in [0.1, 0.15) is 0 Å². The molecule has 1 heterocycles. The number of rotatable bonds is 5. The van der Waals surface area contributed by atoms with Gasteiger partial charge in [-0.2, -0.15) is 4.98 Å². The van der Waals surface area contributed by atoms with Crippen molar-refractivity contribution in [2.45, 2.75) is 13.5 Å². The fourth-order valence-electron chi connectivity index (χ4n) is 1.74. The quantitative estimate of drug-likeness (QED) is 0.911. The molecular weight excluding hydrogens is 294 g/mol. The number of hydrogen-bond donors (Lipinski definition) is 1. The molecule has 0 aliphatic rings. The van der Waals surface area contributed by atoms with Crippen molar-refractivity contribution in [1.29, 1.82) is 0 Å². The second kappa shape index (κ2) is 6.33. The van der Waals surface area contributed by atoms with E-state index >= 15 is 0 Å². The van der Waals surface area contributed by atoms with Gasteiger partial charge in [-0.15, -0.1) is 0 Å². The molecule has 0 radical (unpaired) electrons. The third kappa shape index (κ3) is 3.35. The average Bonchev–Trinajstić information content (AvgIpc) is 2.83. The summed E-state index contributed by atoms with van der Waals surface area (Å²) in [6.07, 6.45) is 0. The third-order valence-corrected chi connectivity index (χ3v) is 4.32. The van der Waals surface area contributed by atoms with Gasteiger partial charge in [0.2, 0.25) is 5.88 Å². The van der Waals surface area contributed by atoms with E-state index in [9.17, 15) is 0 Å². The van der Waals surface area contributed by atoms with E-state index < -0.39 is 0 Å². The van der Waals surface area contributed by atoms with Gasteiger partial charge in [0.05, 0.1) is 29.2 Å². The Morgan fingerprint density at radius 2 is 2.15 bits per heavy atom. The molecule has 1 aromatic heterocycles. The van der Waals surface area contributed by atoms with Gasteiger partial charge in [-0.25, -0.2) is 0 Å². The van der Waals surface area contributed by atoms with E-state index in [2.05, 4.69) is 10.3 Å². The molecule has 6 heteroatoms. The number of aromatic nitrogens is 1. The first kappa shape index (κ1) is 14.9. The zero-order valence-corrected chi connectivity index (χ0v) is 13.6. The Morgan fingerprint density at radius 3 is 2.80 bits per heavy atom. The number of nitrogens with one attached hydrogen (secondary N) is 1. The highest BCUT2D eigenvalue weighted by Gasteiger charge is 2.13. The van der Waals surface area contributed by atoms with E-state index in [4.69, 9.17) is 16.3 Å². The predicted octanol–water partition coefficient (Wildman–Crippen LogP) is 3.79. The number of anilines is 2. The molecule has 2 rings (SSSR count). The molecule has 0 saturated carbocycles. The van der Waals surface area contributed by atoms with Crippen LogP contribution < -0.4 is 15.0 Å². The lowest BCUT2D eigenvalue weighted by molar-refractivity contribution is 0.397. The minimum Gasteiger partial charge on any atom is -0.480 e. The Balaban J connectivity index is 2.16. The van der Waals surface area contributed by atoms with Crippen LogP contribution in [0.15, 0.2) is 18.2 Å². The molecular formula is C14H18ClN3OS. The minimum atomic E-state index is 0.637. The van der Waals surface area contributed by atoms with Gasteiger partial charge in [-0.1, -0.05) is 29.0 Å². The summed E-state index contributed by atoms with van der Waals surface area (Å²) in [7, 11) is 5.57. The van der Waals surface area contributed by atoms with Crippen molar-refractivity contribution in [3.63, 3.8) is 0 Å². The molecule has 1 aromatic carbocycles. The second-order valence-corrected chi connectivity index (χ2v) is 6.13. The van der Waals surface area contributed by atoms with Gasteiger partial charge in [-0.05, 0) is 24.6 Å². The topological polar surface area (TPSA) is 37.4 Å². The fraction of sp³-hybridized carbons (Fsp3) is 0.357. The number of benzene rings is 1. The molecule has 108 valence electrons. The molecule has 0 atom stereocenters. The molecule has 0 fully saturated rings. The largest absolute Gasteiger partial charge is 0.480 e. The van der Waals surface area contributed by atoms with Crippen LogP contribution in [0.1, 0.15) is 10.4 Å². The van der Waals surface area contributed by atoms with E-state index in [1.165, 1.54) is 5.56 Å². The molecule has 0 unspecified atom stereocenters. The number of aryl methyl sites for hydroxylation is 1. The van der Waals surface area contributed by atoms with E-state index in [0.29, 0.717) is 17.4 Å². The number of nitrogens with zero attached hydrogens (tertiary/aromatic N) is 2. The molecule has 0 amide bonds. The van der Waals surface area contributed by atoms with Crippen LogP contribution in [0, 0.1) is 6.92 Å². The van der Waals surface area contributed by atoms with Gasteiger partial charge in [-0.3, -0.25) is 0 Å². The molecule has 0 bridgehead atoms. The van der Waals surface area contributed by atoms with Crippen LogP contribution >= 0.6 is 22.9 Å². The van der Waals surface area contributed by atoms with E-state index in [0.717, 1.165) is 15.7 Å². The number of thiazole rings is 1. The third-order valence-electron chi connectivity index (χ3n) is 2.79. The first-order valence-corrected chi connectivity index (χ1v) is 7.41. The van der Waals surface area contributed by atoms with Crippen molar-refractivity contribution in [1.82, 2.24) is 4.98 Å². The monoisotopic (exact) mass is 311 g/mol. The van der Waals surface area contributed by atoms with Crippen molar-refractivity contribution >= 4 is 33.8 Å². The van der Waals surface area contributed by atoms with Crippen molar-refractivity contribution in [2.24, 2.45) is 0 Å². The summed E-state index contributed by atoms with van der Waals surface area (Å²) >= 11 is 7.78. The zero-order chi connectivity index (χ0) is 14.7. The molecule has 20 heavy (non-hydrogen) atoms. The molecule has 4 nitrogen and oxygen atoms in total. The van der Waals surface area contributed by atoms with Gasteiger partial charge in [0.15, 0.2) is 5.13 Å². The standard InChI is InChI=1S/C14H18ClN3OS/c1-9-5-6-10(15)11(7-9)16-8-12-13(19-4)17-14(20-12)18(2)3/h5-7,16H,8H2,1-4H3. The number of hydrogen-bond acceptors (Lipinski definition) is 5. The van der Waals surface area contributed by atoms with Crippen molar-refractivity contribution in [3.8, 4) is 5.88 Å². The number of halogens is 1. The normalized spacial score (nSPS) is 10.4. The van der Waals surface area contributed by atoms with Crippen LogP contribution in [0.5, 0.6) is 5.88 Å². The summed E-state index contributed by atoms with van der Waals surface area (Å²) in [5.41, 5.74) is 2.09. The summed E-state index contributed by atoms with van der Waals surface area (Å²) in [4.78, 5) is 7.45. The Kier molecular flexibility index (Phi) is 4.73. The first-order valence-electron chi connectivity index (χ1n) is 6.22. The zero-order valence-electron chi connectivity index (χ0n) is 12.0. The Morgan fingerprint density at radius 1 is 1.40 bits per heavy atom. The van der Waals surface area contributed by atoms with Crippen LogP contribution in [0.4, 0.5) is 10.8 Å². The highest BCUT2D eigenvalue weighted by atomic mass is 35.5. The molecule has 0 saturated heterocycles. The summed E-state index contributed by atoms with van der Waals surface area (Å²) in [6, 6.07) is 5.92. The summed E-state index contributed by atoms with van der Waals surface area (Å²) < 4.78 is 5.32. The van der Waals surface area contributed by atoms with E-state index in [1.807, 2.05) is 44.1 Å². The van der Waals surface area contributed by atoms with Crippen LogP contribution in [-0.4, -0.2) is 26.2 Å². The highest BCUT2D eigenvalue weighted by Crippen LogP contribution is 2.32. The second-order valence-electron chi connectivity index (χ2n) is 4.66. The van der Waals surface area contributed by atoms with Crippen LogP contribution in [0.25, 0.3) is 0 Å². The Labute approximate surface area is 128 Å². The van der Waals surface area contributed by atoms with Crippen LogP contribution in [0.3, 0.4) is 0 Å². The lowest BCUT2D eigenvalue weighted by atomic mass is 10.2.